The fourth-order valence-corrected chi connectivity index (χ4v) is 3.57. The van der Waals surface area contributed by atoms with Crippen molar-refractivity contribution >= 4 is 11.7 Å². The van der Waals surface area contributed by atoms with Gasteiger partial charge in [-0.05, 0) is 48.4 Å². The molecule has 174 valence electrons. The number of piperazine rings is 1. The fourth-order valence-electron chi connectivity index (χ4n) is 3.57. The van der Waals surface area contributed by atoms with E-state index >= 15 is 0 Å². The van der Waals surface area contributed by atoms with Crippen LogP contribution in [0.25, 0.3) is 0 Å². The Morgan fingerprint density at radius 1 is 1.00 bits per heavy atom. The Hall–Kier alpha value is -4.06. The molecule has 2 aromatic heterocycles. The number of alkyl halides is 3. The predicted octanol–water partition coefficient (Wildman–Crippen LogP) is 3.87. The van der Waals surface area contributed by atoms with Crippen LogP contribution in [0.3, 0.4) is 0 Å². The monoisotopic (exact) mass is 466 g/mol. The van der Waals surface area contributed by atoms with E-state index in [1.165, 1.54) is 13.2 Å². The second-order valence-electron chi connectivity index (χ2n) is 7.56. The Morgan fingerprint density at radius 3 is 2.41 bits per heavy atom. The highest BCUT2D eigenvalue weighted by Crippen LogP contribution is 2.29. The molecule has 0 spiro atoms. The molecule has 4 rings (SSSR count). The quantitative estimate of drug-likeness (QED) is 0.549. The molecular formula is C25H21F3N4O2. The summed E-state index contributed by atoms with van der Waals surface area (Å²) in [6.45, 7) is 1.77. The second kappa shape index (κ2) is 9.83. The summed E-state index contributed by atoms with van der Waals surface area (Å²) in [5, 5.41) is 0. The summed E-state index contributed by atoms with van der Waals surface area (Å²) >= 11 is 0. The van der Waals surface area contributed by atoms with Gasteiger partial charge in [-0.2, -0.15) is 13.2 Å². The van der Waals surface area contributed by atoms with E-state index < -0.39 is 11.7 Å². The molecule has 0 aliphatic carbocycles. The number of ether oxygens (including phenoxy) is 1. The maximum Gasteiger partial charge on any atom is 0.417 e. The SMILES string of the molecule is COc1ccc(C(=O)N2CCN(c3ccc(C(F)(F)F)cn3)CC2)cc1C#Cc1ccccn1. The van der Waals surface area contributed by atoms with E-state index in [0.717, 1.165) is 12.3 Å². The molecule has 3 heterocycles. The predicted molar refractivity (Wildman–Crippen MR) is 121 cm³/mol. The molecule has 34 heavy (non-hydrogen) atoms. The number of pyridine rings is 2. The first-order valence-electron chi connectivity index (χ1n) is 10.5. The Kier molecular flexibility index (Phi) is 6.68. The lowest BCUT2D eigenvalue weighted by molar-refractivity contribution is -0.137. The number of methoxy groups -OCH3 is 1. The Morgan fingerprint density at radius 2 is 1.79 bits per heavy atom. The van der Waals surface area contributed by atoms with Crippen molar-refractivity contribution in [1.29, 1.82) is 0 Å². The molecule has 3 aromatic rings. The number of carbonyl (C=O) groups is 1. The summed E-state index contributed by atoms with van der Waals surface area (Å²) in [7, 11) is 1.54. The summed E-state index contributed by atoms with van der Waals surface area (Å²) in [6, 6.07) is 12.9. The molecule has 1 aliphatic heterocycles. The van der Waals surface area contributed by atoms with Gasteiger partial charge in [0.25, 0.3) is 5.91 Å². The zero-order valence-corrected chi connectivity index (χ0v) is 18.3. The third-order valence-electron chi connectivity index (χ3n) is 5.40. The molecule has 0 atom stereocenters. The topological polar surface area (TPSA) is 58.6 Å². The average molecular weight is 466 g/mol. The number of hydrogen-bond acceptors (Lipinski definition) is 5. The molecule has 1 fully saturated rings. The van der Waals surface area contributed by atoms with Crippen molar-refractivity contribution in [2.24, 2.45) is 0 Å². The highest BCUT2D eigenvalue weighted by Gasteiger charge is 2.31. The largest absolute Gasteiger partial charge is 0.495 e. The third-order valence-corrected chi connectivity index (χ3v) is 5.40. The summed E-state index contributed by atoms with van der Waals surface area (Å²) in [5.74, 6) is 6.85. The van der Waals surface area contributed by atoms with Gasteiger partial charge in [-0.25, -0.2) is 9.97 Å². The van der Waals surface area contributed by atoms with Gasteiger partial charge in [-0.15, -0.1) is 0 Å². The lowest BCUT2D eigenvalue weighted by Gasteiger charge is -2.35. The molecule has 1 aliphatic rings. The Bertz CT molecular complexity index is 1210. The van der Waals surface area contributed by atoms with Crippen LogP contribution >= 0.6 is 0 Å². The van der Waals surface area contributed by atoms with Gasteiger partial charge >= 0.3 is 6.18 Å². The van der Waals surface area contributed by atoms with Gasteiger partial charge in [-0.3, -0.25) is 4.79 Å². The van der Waals surface area contributed by atoms with E-state index in [1.807, 2.05) is 11.0 Å². The van der Waals surface area contributed by atoms with Crippen molar-refractivity contribution in [3.8, 4) is 17.6 Å². The van der Waals surface area contributed by atoms with Gasteiger partial charge in [0.2, 0.25) is 0 Å². The molecule has 1 aromatic carbocycles. The average Bonchev–Trinajstić information content (AvgIpc) is 2.87. The van der Waals surface area contributed by atoms with E-state index in [4.69, 9.17) is 4.74 Å². The van der Waals surface area contributed by atoms with Crippen molar-refractivity contribution < 1.29 is 22.7 Å². The normalized spacial score (nSPS) is 13.8. The molecule has 0 saturated carbocycles. The van der Waals surface area contributed by atoms with E-state index in [0.29, 0.717) is 54.6 Å². The Labute approximate surface area is 195 Å². The van der Waals surface area contributed by atoms with Crippen LogP contribution in [0, 0.1) is 11.8 Å². The molecule has 0 radical (unpaired) electrons. The number of rotatable bonds is 3. The molecule has 6 nitrogen and oxygen atoms in total. The maximum atomic E-state index is 13.1. The first kappa shape index (κ1) is 23.1. The van der Waals surface area contributed by atoms with Gasteiger partial charge in [0.15, 0.2) is 0 Å². The van der Waals surface area contributed by atoms with Crippen LogP contribution in [-0.4, -0.2) is 54.1 Å². The zero-order valence-electron chi connectivity index (χ0n) is 18.3. The summed E-state index contributed by atoms with van der Waals surface area (Å²) < 4.78 is 43.6. The van der Waals surface area contributed by atoms with E-state index in [2.05, 4.69) is 21.8 Å². The lowest BCUT2D eigenvalue weighted by atomic mass is 10.1. The van der Waals surface area contributed by atoms with Gasteiger partial charge < -0.3 is 14.5 Å². The van der Waals surface area contributed by atoms with Crippen molar-refractivity contribution in [3.63, 3.8) is 0 Å². The van der Waals surface area contributed by atoms with Crippen molar-refractivity contribution in [1.82, 2.24) is 14.9 Å². The number of halogens is 3. The molecule has 0 bridgehead atoms. The fraction of sp³-hybridized carbons (Fsp3) is 0.240. The van der Waals surface area contributed by atoms with Crippen molar-refractivity contribution in [2.75, 3.05) is 38.2 Å². The zero-order chi connectivity index (χ0) is 24.1. The van der Waals surface area contributed by atoms with Gasteiger partial charge in [0, 0.05) is 44.1 Å². The van der Waals surface area contributed by atoms with Crippen LogP contribution in [0.2, 0.25) is 0 Å². The van der Waals surface area contributed by atoms with Gasteiger partial charge in [-0.1, -0.05) is 12.0 Å². The smallest absolute Gasteiger partial charge is 0.417 e. The standard InChI is InChI=1S/C25H21F3N4O2/c1-34-22-9-6-19(16-18(22)5-8-21-4-2-3-11-29-21)24(33)32-14-12-31(13-15-32)23-10-7-20(17-30-23)25(26,27)28/h2-4,6-7,9-11,16-17H,12-15H2,1H3. The lowest BCUT2D eigenvalue weighted by Crippen LogP contribution is -2.49. The Balaban J connectivity index is 1.44. The van der Waals surface area contributed by atoms with Crippen molar-refractivity contribution in [2.45, 2.75) is 6.18 Å². The summed E-state index contributed by atoms with van der Waals surface area (Å²) in [5.41, 5.74) is 0.875. The van der Waals surface area contributed by atoms with Gasteiger partial charge in [0.05, 0.1) is 18.2 Å². The summed E-state index contributed by atoms with van der Waals surface area (Å²) in [6.07, 6.45) is -1.94. The van der Waals surface area contributed by atoms with E-state index in [-0.39, 0.29) is 5.91 Å². The number of hydrogen-bond donors (Lipinski definition) is 0. The van der Waals surface area contributed by atoms with Crippen molar-refractivity contribution in [3.05, 3.63) is 83.3 Å². The van der Waals surface area contributed by atoms with Crippen LogP contribution in [0.1, 0.15) is 27.2 Å². The van der Waals surface area contributed by atoms with Crippen LogP contribution in [0.15, 0.2) is 60.9 Å². The van der Waals surface area contributed by atoms with E-state index in [1.54, 1.807) is 41.4 Å². The summed E-state index contributed by atoms with van der Waals surface area (Å²) in [4.78, 5) is 24.8. The van der Waals surface area contributed by atoms with E-state index in [9.17, 15) is 18.0 Å². The number of anilines is 1. The molecule has 1 saturated heterocycles. The highest BCUT2D eigenvalue weighted by atomic mass is 19.4. The molecule has 0 unspecified atom stereocenters. The first-order valence-corrected chi connectivity index (χ1v) is 10.5. The minimum absolute atomic E-state index is 0.149. The van der Waals surface area contributed by atoms with Crippen LogP contribution in [0.4, 0.5) is 19.0 Å². The molecular weight excluding hydrogens is 445 g/mol. The first-order chi connectivity index (χ1) is 16.3. The number of aromatic nitrogens is 2. The minimum atomic E-state index is -4.42. The third kappa shape index (κ3) is 5.29. The molecule has 0 N–H and O–H groups in total. The minimum Gasteiger partial charge on any atom is -0.495 e. The van der Waals surface area contributed by atoms with Gasteiger partial charge in [0.1, 0.15) is 17.3 Å². The molecule has 1 amide bonds. The maximum absolute atomic E-state index is 13.1. The van der Waals surface area contributed by atoms with Crippen LogP contribution in [-0.2, 0) is 6.18 Å². The molecule has 9 heteroatoms. The number of amides is 1. The van der Waals surface area contributed by atoms with Crippen LogP contribution < -0.4 is 9.64 Å². The number of nitrogens with zero attached hydrogens (tertiary/aromatic N) is 4. The highest BCUT2D eigenvalue weighted by molar-refractivity contribution is 5.95. The second-order valence-corrected chi connectivity index (χ2v) is 7.56. The number of carbonyl (C=O) groups excluding carboxylic acids is 1. The number of benzene rings is 1. The van der Waals surface area contributed by atoms with Crippen LogP contribution in [0.5, 0.6) is 5.75 Å².